The first-order valence-corrected chi connectivity index (χ1v) is 7.20. The van der Waals surface area contributed by atoms with Crippen molar-refractivity contribution in [1.82, 2.24) is 10.2 Å². The number of ether oxygens (including phenoxy) is 2. The number of carbonyl (C=O) groups is 1. The molecule has 0 radical (unpaired) electrons. The summed E-state index contributed by atoms with van der Waals surface area (Å²) >= 11 is 0. The molecule has 1 rings (SSSR count). The summed E-state index contributed by atoms with van der Waals surface area (Å²) in [6.45, 7) is 6.97. The van der Waals surface area contributed by atoms with Gasteiger partial charge in [0.2, 0.25) is 0 Å². The fraction of sp³-hybridized carbons (Fsp3) is 0.929. The Kier molecular flexibility index (Phi) is 7.34. The van der Waals surface area contributed by atoms with Crippen molar-refractivity contribution in [3.63, 3.8) is 0 Å². The third-order valence-electron chi connectivity index (χ3n) is 3.94. The van der Waals surface area contributed by atoms with Crippen LogP contribution in [0.5, 0.6) is 0 Å². The zero-order valence-electron chi connectivity index (χ0n) is 12.6. The van der Waals surface area contributed by atoms with Gasteiger partial charge in [-0.05, 0) is 32.7 Å². The third kappa shape index (κ3) is 5.09. The number of hydrogen-bond acceptors (Lipinski definition) is 5. The van der Waals surface area contributed by atoms with Gasteiger partial charge in [-0.3, -0.25) is 4.79 Å². The van der Waals surface area contributed by atoms with Gasteiger partial charge in [-0.25, -0.2) is 0 Å². The third-order valence-corrected chi connectivity index (χ3v) is 3.94. The molecular weight excluding hydrogens is 244 g/mol. The van der Waals surface area contributed by atoms with Crippen LogP contribution in [-0.2, 0) is 14.3 Å². The molecular formula is C14H28N2O3. The lowest BCUT2D eigenvalue weighted by atomic mass is 10.00. The van der Waals surface area contributed by atoms with Gasteiger partial charge in [0.05, 0.1) is 13.2 Å². The van der Waals surface area contributed by atoms with E-state index in [-0.39, 0.29) is 12.0 Å². The Morgan fingerprint density at radius 2 is 2.21 bits per heavy atom. The van der Waals surface area contributed by atoms with E-state index in [0.29, 0.717) is 12.1 Å². The Hall–Kier alpha value is -0.650. The van der Waals surface area contributed by atoms with Crippen LogP contribution in [0.15, 0.2) is 0 Å². The van der Waals surface area contributed by atoms with E-state index in [0.717, 1.165) is 38.9 Å². The number of esters is 1. The van der Waals surface area contributed by atoms with Crippen molar-refractivity contribution in [1.29, 1.82) is 0 Å². The molecule has 5 heteroatoms. The molecule has 1 aliphatic heterocycles. The lowest BCUT2D eigenvalue weighted by Crippen LogP contribution is -2.46. The van der Waals surface area contributed by atoms with Crippen LogP contribution < -0.4 is 5.32 Å². The Morgan fingerprint density at radius 3 is 2.74 bits per heavy atom. The highest BCUT2D eigenvalue weighted by atomic mass is 16.5. The van der Waals surface area contributed by atoms with E-state index in [9.17, 15) is 4.79 Å². The van der Waals surface area contributed by atoms with Crippen LogP contribution in [0.25, 0.3) is 0 Å². The Morgan fingerprint density at radius 1 is 1.47 bits per heavy atom. The van der Waals surface area contributed by atoms with Gasteiger partial charge in [0, 0.05) is 26.2 Å². The van der Waals surface area contributed by atoms with E-state index >= 15 is 0 Å². The molecule has 0 saturated carbocycles. The Labute approximate surface area is 116 Å². The minimum Gasteiger partial charge on any atom is -0.468 e. The van der Waals surface area contributed by atoms with Crippen LogP contribution >= 0.6 is 0 Å². The number of likely N-dealkylation sites (tertiary alicyclic amines) is 1. The molecule has 19 heavy (non-hydrogen) atoms. The summed E-state index contributed by atoms with van der Waals surface area (Å²) < 4.78 is 10.2. The number of likely N-dealkylation sites (N-methyl/N-ethyl adjacent to an activating group) is 1. The van der Waals surface area contributed by atoms with E-state index in [1.165, 1.54) is 7.11 Å². The van der Waals surface area contributed by atoms with Crippen LogP contribution in [0.2, 0.25) is 0 Å². The fourth-order valence-electron chi connectivity index (χ4n) is 2.71. The van der Waals surface area contributed by atoms with Crippen molar-refractivity contribution >= 4 is 5.97 Å². The van der Waals surface area contributed by atoms with Gasteiger partial charge in [0.25, 0.3) is 0 Å². The predicted octanol–water partition coefficient (Wildman–Crippen LogP) is 1.03. The van der Waals surface area contributed by atoms with Gasteiger partial charge in [0.15, 0.2) is 0 Å². The summed E-state index contributed by atoms with van der Waals surface area (Å²) in [7, 11) is 3.23. The van der Waals surface area contributed by atoms with Crippen molar-refractivity contribution in [3.05, 3.63) is 0 Å². The topological polar surface area (TPSA) is 50.8 Å². The van der Waals surface area contributed by atoms with Gasteiger partial charge >= 0.3 is 5.97 Å². The van der Waals surface area contributed by atoms with Gasteiger partial charge in [-0.2, -0.15) is 0 Å². The van der Waals surface area contributed by atoms with Crippen molar-refractivity contribution in [2.24, 2.45) is 0 Å². The van der Waals surface area contributed by atoms with E-state index < -0.39 is 0 Å². The minimum atomic E-state index is -0.192. The lowest BCUT2D eigenvalue weighted by molar-refractivity contribution is -0.143. The molecule has 1 N–H and O–H groups in total. The highest BCUT2D eigenvalue weighted by Gasteiger charge is 2.26. The van der Waals surface area contributed by atoms with Crippen molar-refractivity contribution in [2.45, 2.75) is 51.3 Å². The number of piperidine rings is 1. The van der Waals surface area contributed by atoms with Gasteiger partial charge in [-0.1, -0.05) is 6.92 Å². The monoisotopic (exact) mass is 272 g/mol. The molecule has 3 atom stereocenters. The largest absolute Gasteiger partial charge is 0.468 e. The SMILES string of the molecule is CCNC(CCN1CCC(OC)CC1C)C(=O)OC. The summed E-state index contributed by atoms with van der Waals surface area (Å²) in [5, 5.41) is 3.18. The van der Waals surface area contributed by atoms with Crippen LogP contribution in [-0.4, -0.2) is 62.9 Å². The number of nitrogens with zero attached hydrogens (tertiary/aromatic N) is 1. The summed E-state index contributed by atoms with van der Waals surface area (Å²) in [6.07, 6.45) is 3.32. The van der Waals surface area contributed by atoms with Crippen molar-refractivity contribution in [2.75, 3.05) is 33.9 Å². The second-order valence-corrected chi connectivity index (χ2v) is 5.19. The number of rotatable bonds is 7. The van der Waals surface area contributed by atoms with Gasteiger partial charge in [0.1, 0.15) is 6.04 Å². The number of carbonyl (C=O) groups excluding carboxylic acids is 1. The second-order valence-electron chi connectivity index (χ2n) is 5.19. The first kappa shape index (κ1) is 16.4. The van der Waals surface area contributed by atoms with Crippen LogP contribution in [0, 0.1) is 0 Å². The predicted molar refractivity (Wildman–Crippen MR) is 75.2 cm³/mol. The molecule has 1 aliphatic rings. The summed E-state index contributed by atoms with van der Waals surface area (Å²) in [4.78, 5) is 14.1. The molecule has 0 aliphatic carbocycles. The van der Waals surface area contributed by atoms with Gasteiger partial charge < -0.3 is 19.7 Å². The highest BCUT2D eigenvalue weighted by molar-refractivity contribution is 5.75. The molecule has 0 amide bonds. The number of nitrogens with one attached hydrogen (secondary N) is 1. The van der Waals surface area contributed by atoms with E-state index in [1.54, 1.807) is 7.11 Å². The molecule has 0 aromatic heterocycles. The maximum absolute atomic E-state index is 11.6. The first-order chi connectivity index (χ1) is 9.12. The summed E-state index contributed by atoms with van der Waals surface area (Å²) in [5.74, 6) is -0.165. The van der Waals surface area contributed by atoms with E-state index in [4.69, 9.17) is 9.47 Å². The zero-order valence-corrected chi connectivity index (χ0v) is 12.6. The summed E-state index contributed by atoms with van der Waals surface area (Å²) in [5.41, 5.74) is 0. The van der Waals surface area contributed by atoms with Crippen LogP contribution in [0.3, 0.4) is 0 Å². The minimum absolute atomic E-state index is 0.165. The average molecular weight is 272 g/mol. The maximum Gasteiger partial charge on any atom is 0.322 e. The van der Waals surface area contributed by atoms with E-state index in [2.05, 4.69) is 17.1 Å². The summed E-state index contributed by atoms with van der Waals surface area (Å²) in [6, 6.07) is 0.320. The molecule has 3 unspecified atom stereocenters. The van der Waals surface area contributed by atoms with Crippen LogP contribution in [0.1, 0.15) is 33.1 Å². The standard InChI is InChI=1S/C14H28N2O3/c1-5-15-13(14(17)19-4)7-9-16-8-6-12(18-3)10-11(16)2/h11-13,15H,5-10H2,1-4H3. The quantitative estimate of drug-likeness (QED) is 0.702. The normalized spacial score (nSPS) is 26.1. The fourth-order valence-corrected chi connectivity index (χ4v) is 2.71. The zero-order chi connectivity index (χ0) is 14.3. The van der Waals surface area contributed by atoms with Gasteiger partial charge in [-0.15, -0.1) is 0 Å². The lowest BCUT2D eigenvalue weighted by Gasteiger charge is -2.37. The van der Waals surface area contributed by atoms with E-state index in [1.807, 2.05) is 6.92 Å². The molecule has 112 valence electrons. The average Bonchev–Trinajstić information content (AvgIpc) is 2.43. The second kappa shape index (κ2) is 8.51. The molecule has 1 fully saturated rings. The maximum atomic E-state index is 11.6. The molecule has 0 bridgehead atoms. The molecule has 0 spiro atoms. The molecule has 0 aromatic carbocycles. The van der Waals surface area contributed by atoms with Crippen molar-refractivity contribution < 1.29 is 14.3 Å². The molecule has 1 saturated heterocycles. The highest BCUT2D eigenvalue weighted by Crippen LogP contribution is 2.19. The molecule has 1 heterocycles. The smallest absolute Gasteiger partial charge is 0.322 e. The number of hydrogen-bond donors (Lipinski definition) is 1. The van der Waals surface area contributed by atoms with Crippen molar-refractivity contribution in [3.8, 4) is 0 Å². The number of methoxy groups -OCH3 is 2. The Bertz CT molecular complexity index is 273. The first-order valence-electron chi connectivity index (χ1n) is 7.20. The molecule has 5 nitrogen and oxygen atoms in total. The van der Waals surface area contributed by atoms with Crippen LogP contribution in [0.4, 0.5) is 0 Å². The molecule has 0 aromatic rings. The Balaban J connectivity index is 2.39.